The van der Waals surface area contributed by atoms with Crippen molar-refractivity contribution in [1.29, 1.82) is 0 Å². The van der Waals surface area contributed by atoms with Crippen molar-refractivity contribution in [2.24, 2.45) is 0 Å². The molecule has 0 aliphatic heterocycles. The first kappa shape index (κ1) is 16.2. The van der Waals surface area contributed by atoms with E-state index >= 15 is 0 Å². The van der Waals surface area contributed by atoms with Crippen LogP contribution < -0.4 is 5.32 Å². The SMILES string of the molecule is FC(F)(F)c1ccc(NCC(Cl)c2ccccc2)c(Br)c1. The van der Waals surface area contributed by atoms with Gasteiger partial charge >= 0.3 is 6.18 Å². The average molecular weight is 379 g/mol. The Labute approximate surface area is 134 Å². The van der Waals surface area contributed by atoms with E-state index in [1.807, 2.05) is 30.3 Å². The molecule has 0 spiro atoms. The molecule has 6 heteroatoms. The fourth-order valence-electron chi connectivity index (χ4n) is 1.81. The summed E-state index contributed by atoms with van der Waals surface area (Å²) < 4.78 is 38.1. The molecule has 1 nitrogen and oxygen atoms in total. The number of hydrogen-bond acceptors (Lipinski definition) is 1. The van der Waals surface area contributed by atoms with Crippen molar-refractivity contribution in [3.05, 3.63) is 64.1 Å². The summed E-state index contributed by atoms with van der Waals surface area (Å²) in [6.45, 7) is 0.412. The zero-order valence-electron chi connectivity index (χ0n) is 10.8. The van der Waals surface area contributed by atoms with Crippen molar-refractivity contribution in [2.45, 2.75) is 11.6 Å². The number of halogens is 5. The molecule has 0 aliphatic carbocycles. The summed E-state index contributed by atoms with van der Waals surface area (Å²) in [6.07, 6.45) is -4.35. The number of benzene rings is 2. The van der Waals surface area contributed by atoms with Gasteiger partial charge in [0.2, 0.25) is 0 Å². The van der Waals surface area contributed by atoms with Gasteiger partial charge in [-0.1, -0.05) is 30.3 Å². The standard InChI is InChI=1S/C15H12BrClF3N/c16-12-8-11(15(18,19)20)6-7-14(12)21-9-13(17)10-4-2-1-3-5-10/h1-8,13,21H,9H2. The zero-order valence-corrected chi connectivity index (χ0v) is 13.1. The molecule has 2 aromatic carbocycles. The maximum Gasteiger partial charge on any atom is 0.416 e. The van der Waals surface area contributed by atoms with Crippen molar-refractivity contribution in [3.8, 4) is 0 Å². The lowest BCUT2D eigenvalue weighted by Crippen LogP contribution is -2.10. The Hall–Kier alpha value is -1.20. The summed E-state index contributed by atoms with van der Waals surface area (Å²) >= 11 is 9.39. The Kier molecular flexibility index (Phi) is 5.17. The highest BCUT2D eigenvalue weighted by Gasteiger charge is 2.30. The lowest BCUT2D eigenvalue weighted by atomic mass is 10.1. The molecule has 1 N–H and O–H groups in total. The van der Waals surface area contributed by atoms with Gasteiger partial charge in [0.15, 0.2) is 0 Å². The third kappa shape index (κ3) is 4.38. The van der Waals surface area contributed by atoms with Crippen LogP contribution in [-0.4, -0.2) is 6.54 Å². The second-order valence-electron chi connectivity index (χ2n) is 4.45. The van der Waals surface area contributed by atoms with Gasteiger partial charge in [0.1, 0.15) is 0 Å². The molecule has 0 aliphatic rings. The molecule has 2 rings (SSSR count). The number of hydrogen-bond donors (Lipinski definition) is 1. The molecule has 0 heterocycles. The third-order valence-electron chi connectivity index (χ3n) is 2.93. The van der Waals surface area contributed by atoms with Crippen molar-refractivity contribution in [1.82, 2.24) is 0 Å². The van der Waals surface area contributed by atoms with Crippen molar-refractivity contribution >= 4 is 33.2 Å². The Balaban J connectivity index is 2.04. The van der Waals surface area contributed by atoms with E-state index in [1.165, 1.54) is 6.07 Å². The van der Waals surface area contributed by atoms with Gasteiger partial charge in [-0.05, 0) is 39.7 Å². The zero-order chi connectivity index (χ0) is 15.5. The molecule has 21 heavy (non-hydrogen) atoms. The highest BCUT2D eigenvalue weighted by molar-refractivity contribution is 9.10. The van der Waals surface area contributed by atoms with Gasteiger partial charge in [-0.2, -0.15) is 13.2 Å². The molecule has 0 saturated heterocycles. The van der Waals surface area contributed by atoms with Gasteiger partial charge in [-0.3, -0.25) is 0 Å². The van der Waals surface area contributed by atoms with Crippen molar-refractivity contribution in [3.63, 3.8) is 0 Å². The minimum atomic E-state index is -4.35. The Morgan fingerprint density at radius 1 is 1.10 bits per heavy atom. The second-order valence-corrected chi connectivity index (χ2v) is 5.83. The van der Waals surface area contributed by atoms with Crippen LogP contribution in [0.1, 0.15) is 16.5 Å². The normalized spacial score (nSPS) is 13.0. The Bertz CT molecular complexity index is 602. The molecule has 1 unspecified atom stereocenters. The first-order valence-electron chi connectivity index (χ1n) is 6.17. The van der Waals surface area contributed by atoms with Crippen LogP contribution in [0.2, 0.25) is 0 Å². The largest absolute Gasteiger partial charge is 0.416 e. The predicted octanol–water partition coefficient (Wildman–Crippen LogP) is 5.86. The van der Waals surface area contributed by atoms with Crippen LogP contribution in [-0.2, 0) is 6.18 Å². The molecular formula is C15H12BrClF3N. The van der Waals surface area contributed by atoms with Crippen molar-refractivity contribution in [2.75, 3.05) is 11.9 Å². The van der Waals surface area contributed by atoms with E-state index in [0.29, 0.717) is 16.7 Å². The summed E-state index contributed by atoms with van der Waals surface area (Å²) in [5.74, 6) is 0. The van der Waals surface area contributed by atoms with Gasteiger partial charge in [0.05, 0.1) is 10.9 Å². The van der Waals surface area contributed by atoms with Gasteiger partial charge in [-0.25, -0.2) is 0 Å². The second kappa shape index (κ2) is 6.71. The van der Waals surface area contributed by atoms with E-state index in [0.717, 1.165) is 17.7 Å². The van der Waals surface area contributed by atoms with Crippen LogP contribution in [0.4, 0.5) is 18.9 Å². The fourth-order valence-corrected chi connectivity index (χ4v) is 2.56. The molecule has 1 atom stereocenters. The first-order valence-corrected chi connectivity index (χ1v) is 7.40. The van der Waals surface area contributed by atoms with E-state index in [4.69, 9.17) is 11.6 Å². The Morgan fingerprint density at radius 3 is 2.33 bits per heavy atom. The summed E-state index contributed by atoms with van der Waals surface area (Å²) in [6, 6.07) is 13.0. The summed E-state index contributed by atoms with van der Waals surface area (Å²) in [7, 11) is 0. The van der Waals surface area contributed by atoms with Crippen LogP contribution in [0.25, 0.3) is 0 Å². The number of nitrogens with one attached hydrogen (secondary N) is 1. The lowest BCUT2D eigenvalue weighted by molar-refractivity contribution is -0.137. The van der Waals surface area contributed by atoms with Gasteiger partial charge in [0, 0.05) is 16.7 Å². The Morgan fingerprint density at radius 2 is 1.76 bits per heavy atom. The van der Waals surface area contributed by atoms with Gasteiger partial charge < -0.3 is 5.32 Å². The van der Waals surface area contributed by atoms with Crippen LogP contribution in [0.5, 0.6) is 0 Å². The monoisotopic (exact) mass is 377 g/mol. The van der Waals surface area contributed by atoms with E-state index in [-0.39, 0.29) is 5.38 Å². The van der Waals surface area contributed by atoms with Crippen LogP contribution in [0.15, 0.2) is 53.0 Å². The highest BCUT2D eigenvalue weighted by atomic mass is 79.9. The van der Waals surface area contributed by atoms with Crippen LogP contribution in [0, 0.1) is 0 Å². The van der Waals surface area contributed by atoms with Crippen LogP contribution >= 0.6 is 27.5 Å². The average Bonchev–Trinajstić information content (AvgIpc) is 2.45. The first-order chi connectivity index (χ1) is 9.88. The predicted molar refractivity (Wildman–Crippen MR) is 82.7 cm³/mol. The molecule has 2 aromatic rings. The van der Waals surface area contributed by atoms with E-state index in [1.54, 1.807) is 0 Å². The minimum absolute atomic E-state index is 0.264. The van der Waals surface area contributed by atoms with Crippen molar-refractivity contribution < 1.29 is 13.2 Å². The molecule has 0 fully saturated rings. The van der Waals surface area contributed by atoms with Gasteiger partial charge in [-0.15, -0.1) is 11.6 Å². The maximum absolute atomic E-state index is 12.6. The molecule has 0 aromatic heterocycles. The van der Waals surface area contributed by atoms with Gasteiger partial charge in [0.25, 0.3) is 0 Å². The molecule has 0 saturated carbocycles. The lowest BCUT2D eigenvalue weighted by Gasteiger charge is -2.15. The smallest absolute Gasteiger partial charge is 0.382 e. The fraction of sp³-hybridized carbons (Fsp3) is 0.200. The van der Waals surface area contributed by atoms with E-state index in [9.17, 15) is 13.2 Å². The quantitative estimate of drug-likeness (QED) is 0.657. The number of alkyl halides is 4. The summed E-state index contributed by atoms with van der Waals surface area (Å²) in [4.78, 5) is 0. The third-order valence-corrected chi connectivity index (χ3v) is 3.99. The molecular weight excluding hydrogens is 367 g/mol. The molecule has 112 valence electrons. The minimum Gasteiger partial charge on any atom is -0.382 e. The molecule has 0 amide bonds. The molecule has 0 bridgehead atoms. The molecule has 0 radical (unpaired) electrons. The number of anilines is 1. The van der Waals surface area contributed by atoms with Crippen LogP contribution in [0.3, 0.4) is 0 Å². The maximum atomic E-state index is 12.6. The highest BCUT2D eigenvalue weighted by Crippen LogP contribution is 2.34. The summed E-state index contributed by atoms with van der Waals surface area (Å²) in [5.41, 5.74) is 0.838. The topological polar surface area (TPSA) is 12.0 Å². The van der Waals surface area contributed by atoms with E-state index < -0.39 is 11.7 Å². The van der Waals surface area contributed by atoms with E-state index in [2.05, 4.69) is 21.2 Å². The number of rotatable bonds is 4. The summed E-state index contributed by atoms with van der Waals surface area (Å²) in [5, 5.41) is 2.78.